The van der Waals surface area contributed by atoms with Crippen molar-refractivity contribution in [2.24, 2.45) is 0 Å². The molecule has 226 valence electrons. The molecule has 0 aliphatic carbocycles. The van der Waals surface area contributed by atoms with Crippen molar-refractivity contribution < 1.29 is 35.8 Å². The molecular formula is C30H31N3O8S2. The number of benzene rings is 4. The molecule has 4 aromatic carbocycles. The fourth-order valence-electron chi connectivity index (χ4n) is 4.05. The second-order valence-corrected chi connectivity index (χ2v) is 12.8. The van der Waals surface area contributed by atoms with E-state index in [2.05, 4.69) is 10.0 Å². The van der Waals surface area contributed by atoms with E-state index in [0.29, 0.717) is 17.2 Å². The first-order valence-electron chi connectivity index (χ1n) is 12.8. The van der Waals surface area contributed by atoms with Crippen LogP contribution in [-0.2, 0) is 24.8 Å². The zero-order valence-corrected chi connectivity index (χ0v) is 25.5. The summed E-state index contributed by atoms with van der Waals surface area (Å²) in [6.07, 6.45) is 0. The third-order valence-electron chi connectivity index (χ3n) is 6.34. The molecule has 11 nitrogen and oxygen atoms in total. The van der Waals surface area contributed by atoms with E-state index in [1.165, 1.54) is 63.8 Å². The summed E-state index contributed by atoms with van der Waals surface area (Å²) in [5, 5.41) is 2.64. The number of rotatable bonds is 12. The summed E-state index contributed by atoms with van der Waals surface area (Å²) in [5.74, 6) is 0.510. The van der Waals surface area contributed by atoms with E-state index in [4.69, 9.17) is 14.2 Å². The van der Waals surface area contributed by atoms with Gasteiger partial charge in [0.25, 0.3) is 20.0 Å². The van der Waals surface area contributed by atoms with Crippen LogP contribution in [-0.4, -0.2) is 50.6 Å². The molecule has 0 spiro atoms. The molecule has 0 heterocycles. The van der Waals surface area contributed by atoms with E-state index in [9.17, 15) is 21.6 Å². The van der Waals surface area contributed by atoms with Gasteiger partial charge in [0.15, 0.2) is 11.5 Å². The van der Waals surface area contributed by atoms with E-state index >= 15 is 0 Å². The van der Waals surface area contributed by atoms with Crippen molar-refractivity contribution >= 4 is 43.0 Å². The predicted molar refractivity (Wildman–Crippen MR) is 164 cm³/mol. The summed E-state index contributed by atoms with van der Waals surface area (Å²) in [6.45, 7) is 1.30. The molecule has 0 bridgehead atoms. The number of carbonyl (C=O) groups is 1. The summed E-state index contributed by atoms with van der Waals surface area (Å²) in [6, 6.07) is 22.8. The van der Waals surface area contributed by atoms with Crippen molar-refractivity contribution in [3.63, 3.8) is 0 Å². The van der Waals surface area contributed by atoms with Crippen molar-refractivity contribution in [2.45, 2.75) is 16.7 Å². The first-order chi connectivity index (χ1) is 20.5. The van der Waals surface area contributed by atoms with Crippen LogP contribution in [0, 0.1) is 6.92 Å². The Hall–Kier alpha value is -4.75. The fourth-order valence-corrected chi connectivity index (χ4v) is 6.55. The molecule has 0 atom stereocenters. The molecule has 0 unspecified atom stereocenters. The maximum Gasteiger partial charge on any atom is 0.264 e. The van der Waals surface area contributed by atoms with Gasteiger partial charge in [0.1, 0.15) is 12.3 Å². The minimum Gasteiger partial charge on any atom is -0.497 e. The number of methoxy groups -OCH3 is 3. The first-order valence-corrected chi connectivity index (χ1v) is 15.8. The first kappa shape index (κ1) is 31.2. The van der Waals surface area contributed by atoms with Gasteiger partial charge in [-0.05, 0) is 79.7 Å². The van der Waals surface area contributed by atoms with Crippen LogP contribution in [0.3, 0.4) is 0 Å². The number of anilines is 3. The molecule has 0 aliphatic rings. The molecule has 0 saturated carbocycles. The molecular weight excluding hydrogens is 594 g/mol. The average Bonchev–Trinajstić information content (AvgIpc) is 3.00. The highest BCUT2D eigenvalue weighted by atomic mass is 32.2. The number of sulfonamides is 2. The molecule has 0 radical (unpaired) electrons. The SMILES string of the molecule is COc1ccc(NS(=O)(=O)c2ccc(NC(=O)CN(c3ccc(C)cc3)S(=O)(=O)c3ccc(OC)c(OC)c3)cc2)cc1. The Balaban J connectivity index is 1.54. The van der Waals surface area contributed by atoms with Crippen LogP contribution in [0.1, 0.15) is 5.56 Å². The lowest BCUT2D eigenvalue weighted by Gasteiger charge is -2.24. The average molecular weight is 626 g/mol. The lowest BCUT2D eigenvalue weighted by atomic mass is 10.2. The zero-order valence-electron chi connectivity index (χ0n) is 23.9. The number of nitrogens with zero attached hydrogens (tertiary/aromatic N) is 1. The second-order valence-electron chi connectivity index (χ2n) is 9.27. The van der Waals surface area contributed by atoms with Crippen molar-refractivity contribution in [3.8, 4) is 17.2 Å². The number of carbonyl (C=O) groups excluding carboxylic acids is 1. The lowest BCUT2D eigenvalue weighted by Crippen LogP contribution is -2.38. The van der Waals surface area contributed by atoms with E-state index in [1.807, 2.05) is 6.92 Å². The number of hydrogen-bond acceptors (Lipinski definition) is 8. The van der Waals surface area contributed by atoms with Gasteiger partial charge in [0, 0.05) is 17.4 Å². The smallest absolute Gasteiger partial charge is 0.264 e. The topological polar surface area (TPSA) is 140 Å². The zero-order chi connectivity index (χ0) is 31.2. The highest BCUT2D eigenvalue weighted by molar-refractivity contribution is 7.93. The molecule has 0 saturated heterocycles. The van der Waals surface area contributed by atoms with Gasteiger partial charge in [-0.2, -0.15) is 0 Å². The number of nitrogens with one attached hydrogen (secondary N) is 2. The highest BCUT2D eigenvalue weighted by Gasteiger charge is 2.28. The Morgan fingerprint density at radius 3 is 1.86 bits per heavy atom. The van der Waals surface area contributed by atoms with Crippen molar-refractivity contribution in [2.75, 3.05) is 42.2 Å². The molecule has 2 N–H and O–H groups in total. The van der Waals surface area contributed by atoms with Crippen LogP contribution in [0.4, 0.5) is 17.1 Å². The van der Waals surface area contributed by atoms with Crippen LogP contribution in [0.25, 0.3) is 0 Å². The maximum absolute atomic E-state index is 13.8. The molecule has 1 amide bonds. The van der Waals surface area contributed by atoms with Crippen molar-refractivity contribution in [1.29, 1.82) is 0 Å². The Labute approximate surface area is 251 Å². The molecule has 13 heteroatoms. The summed E-state index contributed by atoms with van der Waals surface area (Å²) < 4.78 is 72.3. The number of aryl methyl sites for hydroxylation is 1. The fraction of sp³-hybridized carbons (Fsp3) is 0.167. The third-order valence-corrected chi connectivity index (χ3v) is 9.51. The molecule has 43 heavy (non-hydrogen) atoms. The van der Waals surface area contributed by atoms with Crippen LogP contribution in [0.5, 0.6) is 17.2 Å². The summed E-state index contributed by atoms with van der Waals surface area (Å²) in [7, 11) is -3.80. The molecule has 0 aliphatic heterocycles. The molecule has 4 rings (SSSR count). The van der Waals surface area contributed by atoms with Gasteiger partial charge < -0.3 is 19.5 Å². The van der Waals surface area contributed by atoms with Crippen LogP contribution in [0.15, 0.2) is 101 Å². The largest absolute Gasteiger partial charge is 0.497 e. The van der Waals surface area contributed by atoms with Gasteiger partial charge in [0.05, 0.1) is 36.8 Å². The van der Waals surface area contributed by atoms with Crippen molar-refractivity contribution in [3.05, 3.63) is 96.6 Å². The Morgan fingerprint density at radius 1 is 0.698 bits per heavy atom. The minimum absolute atomic E-state index is 0.0290. The standard InChI is InChI=1S/C30H31N3O8S2/c1-21-5-11-24(12-6-21)33(43(37,38)27-17-18-28(40-3)29(19-27)41-4)20-30(34)31-22-9-15-26(16-10-22)42(35,36)32-23-7-13-25(39-2)14-8-23/h5-19,32H,20H2,1-4H3,(H,31,34). The quantitative estimate of drug-likeness (QED) is 0.232. The Bertz CT molecular complexity index is 1790. The van der Waals surface area contributed by atoms with E-state index in [1.54, 1.807) is 48.5 Å². The highest BCUT2D eigenvalue weighted by Crippen LogP contribution is 2.32. The molecule has 4 aromatic rings. The van der Waals surface area contributed by atoms with Crippen LogP contribution < -0.4 is 28.6 Å². The van der Waals surface area contributed by atoms with Gasteiger partial charge in [-0.25, -0.2) is 16.8 Å². The normalized spacial score (nSPS) is 11.3. The Kier molecular flexibility index (Phi) is 9.46. The maximum atomic E-state index is 13.8. The molecule has 0 fully saturated rings. The van der Waals surface area contributed by atoms with Gasteiger partial charge in [-0.1, -0.05) is 17.7 Å². The van der Waals surface area contributed by atoms with Crippen molar-refractivity contribution in [1.82, 2.24) is 0 Å². The third kappa shape index (κ3) is 7.37. The predicted octanol–water partition coefficient (Wildman–Crippen LogP) is 4.66. The van der Waals surface area contributed by atoms with Crippen LogP contribution in [0.2, 0.25) is 0 Å². The second kappa shape index (κ2) is 13.0. The van der Waals surface area contributed by atoms with Gasteiger partial charge in [-0.3, -0.25) is 13.8 Å². The van der Waals surface area contributed by atoms with E-state index < -0.39 is 32.5 Å². The molecule has 0 aromatic heterocycles. The van der Waals surface area contributed by atoms with Gasteiger partial charge in [-0.15, -0.1) is 0 Å². The number of amides is 1. The van der Waals surface area contributed by atoms with Crippen LogP contribution >= 0.6 is 0 Å². The Morgan fingerprint density at radius 2 is 1.28 bits per heavy atom. The monoisotopic (exact) mass is 625 g/mol. The van der Waals surface area contributed by atoms with E-state index in [-0.39, 0.29) is 26.9 Å². The summed E-state index contributed by atoms with van der Waals surface area (Å²) >= 11 is 0. The summed E-state index contributed by atoms with van der Waals surface area (Å²) in [5.41, 5.74) is 1.82. The minimum atomic E-state index is -4.23. The number of ether oxygens (including phenoxy) is 3. The van der Waals surface area contributed by atoms with Gasteiger partial charge in [0.2, 0.25) is 5.91 Å². The van der Waals surface area contributed by atoms with Gasteiger partial charge >= 0.3 is 0 Å². The summed E-state index contributed by atoms with van der Waals surface area (Å²) in [4.78, 5) is 13.0. The number of hydrogen-bond donors (Lipinski definition) is 2. The van der Waals surface area contributed by atoms with E-state index in [0.717, 1.165) is 9.87 Å². The lowest BCUT2D eigenvalue weighted by molar-refractivity contribution is -0.114.